The molecule has 0 spiro atoms. The monoisotopic (exact) mass is 423 g/mol. The summed E-state index contributed by atoms with van der Waals surface area (Å²) in [6.45, 7) is 1.92. The highest BCUT2D eigenvalue weighted by atomic mass is 35.5. The number of thioether (sulfide) groups is 1. The molecule has 0 bridgehead atoms. The Morgan fingerprint density at radius 2 is 1.97 bits per heavy atom. The number of rotatable bonds is 3. The van der Waals surface area contributed by atoms with Crippen molar-refractivity contribution < 1.29 is 0 Å². The number of aryl methyl sites for hydroxylation is 1. The summed E-state index contributed by atoms with van der Waals surface area (Å²) < 4.78 is 3.12. The Labute approximate surface area is 173 Å². The maximum atomic E-state index is 13.0. The van der Waals surface area contributed by atoms with Crippen molar-refractivity contribution in [3.8, 4) is 17.1 Å². The number of nitrogens with zero attached hydrogens (tertiary/aromatic N) is 6. The summed E-state index contributed by atoms with van der Waals surface area (Å²) in [4.78, 5) is 21.9. The van der Waals surface area contributed by atoms with E-state index < -0.39 is 0 Å². The predicted octanol–water partition coefficient (Wildman–Crippen LogP) is 3.50. The van der Waals surface area contributed by atoms with Crippen LogP contribution in [-0.2, 0) is 0 Å². The van der Waals surface area contributed by atoms with Crippen molar-refractivity contribution in [3.63, 3.8) is 0 Å². The van der Waals surface area contributed by atoms with E-state index in [9.17, 15) is 4.79 Å². The van der Waals surface area contributed by atoms with Gasteiger partial charge in [0.15, 0.2) is 5.65 Å². The van der Waals surface area contributed by atoms with Crippen LogP contribution in [0.2, 0.25) is 5.02 Å². The van der Waals surface area contributed by atoms with Crippen LogP contribution in [0.3, 0.4) is 0 Å². The predicted molar refractivity (Wildman–Crippen MR) is 113 cm³/mol. The number of pyridine rings is 1. The third kappa shape index (κ3) is 2.81. The number of H-pyrrole nitrogens is 1. The first-order chi connectivity index (χ1) is 14.1. The fourth-order valence-electron chi connectivity index (χ4n) is 3.33. The van der Waals surface area contributed by atoms with Gasteiger partial charge in [-0.05, 0) is 36.9 Å². The largest absolute Gasteiger partial charge is 0.268 e. The van der Waals surface area contributed by atoms with Gasteiger partial charge in [-0.25, -0.2) is 14.6 Å². The van der Waals surface area contributed by atoms with Gasteiger partial charge >= 0.3 is 0 Å². The smallest absolute Gasteiger partial charge is 0.268 e. The Bertz CT molecular complexity index is 1440. The molecule has 4 heterocycles. The van der Waals surface area contributed by atoms with E-state index in [0.717, 1.165) is 16.8 Å². The zero-order valence-electron chi connectivity index (χ0n) is 15.4. The van der Waals surface area contributed by atoms with Gasteiger partial charge in [-0.1, -0.05) is 35.5 Å². The van der Waals surface area contributed by atoms with Crippen LogP contribution in [0.4, 0.5) is 0 Å². The van der Waals surface area contributed by atoms with E-state index in [2.05, 4.69) is 25.3 Å². The van der Waals surface area contributed by atoms with Gasteiger partial charge in [0.2, 0.25) is 11.1 Å². The van der Waals surface area contributed by atoms with Crippen molar-refractivity contribution in [3.05, 3.63) is 63.8 Å². The van der Waals surface area contributed by atoms with Crippen molar-refractivity contribution in [2.75, 3.05) is 6.26 Å². The van der Waals surface area contributed by atoms with Crippen LogP contribution in [-0.4, -0.2) is 40.6 Å². The molecule has 8 nitrogen and oxygen atoms in total. The summed E-state index contributed by atoms with van der Waals surface area (Å²) >= 11 is 7.41. The number of nitrogens with one attached hydrogen (secondary N) is 1. The van der Waals surface area contributed by atoms with Gasteiger partial charge in [0.1, 0.15) is 0 Å². The van der Waals surface area contributed by atoms with Crippen molar-refractivity contribution in [2.45, 2.75) is 12.1 Å². The van der Waals surface area contributed by atoms with Gasteiger partial charge < -0.3 is 0 Å². The van der Waals surface area contributed by atoms with E-state index in [1.54, 1.807) is 16.9 Å². The van der Waals surface area contributed by atoms with E-state index in [-0.39, 0.29) is 5.56 Å². The van der Waals surface area contributed by atoms with Crippen molar-refractivity contribution in [1.82, 2.24) is 34.3 Å². The summed E-state index contributed by atoms with van der Waals surface area (Å²) in [5, 5.41) is 13.1. The summed E-state index contributed by atoms with van der Waals surface area (Å²) in [5.74, 6) is 0.361. The lowest BCUT2D eigenvalue weighted by Crippen LogP contribution is -2.20. The fraction of sp³-hybridized carbons (Fsp3) is 0.105. The van der Waals surface area contributed by atoms with E-state index in [4.69, 9.17) is 11.6 Å². The van der Waals surface area contributed by atoms with Crippen LogP contribution in [0, 0.1) is 6.92 Å². The van der Waals surface area contributed by atoms with E-state index >= 15 is 0 Å². The first kappa shape index (κ1) is 17.9. The zero-order valence-corrected chi connectivity index (χ0v) is 17.0. The number of aromatic nitrogens is 7. The van der Waals surface area contributed by atoms with Gasteiger partial charge in [0, 0.05) is 23.0 Å². The van der Waals surface area contributed by atoms with Gasteiger partial charge in [0.25, 0.3) is 5.56 Å². The van der Waals surface area contributed by atoms with Crippen LogP contribution in [0.5, 0.6) is 0 Å². The number of fused-ring (bicyclic) bond motifs is 3. The SMILES string of the molecule is CSc1n[nH]c(-n2ccc3c(cnc4c(-c5ccc(Cl)cc5)c(C)nn43)c2=O)n1. The van der Waals surface area contributed by atoms with Gasteiger partial charge in [0.05, 0.1) is 16.6 Å². The lowest BCUT2D eigenvalue weighted by Gasteiger charge is -2.05. The van der Waals surface area contributed by atoms with Crippen LogP contribution < -0.4 is 5.56 Å². The molecule has 29 heavy (non-hydrogen) atoms. The highest BCUT2D eigenvalue weighted by Gasteiger charge is 2.17. The molecule has 144 valence electrons. The first-order valence-electron chi connectivity index (χ1n) is 8.69. The molecular weight excluding hydrogens is 410 g/mol. The van der Waals surface area contributed by atoms with E-state index in [1.807, 2.05) is 43.5 Å². The van der Waals surface area contributed by atoms with E-state index in [1.165, 1.54) is 16.3 Å². The van der Waals surface area contributed by atoms with Crippen LogP contribution in [0.15, 0.2) is 52.7 Å². The molecule has 0 radical (unpaired) electrons. The molecule has 0 atom stereocenters. The molecule has 0 saturated carbocycles. The molecular formula is C19H14ClN7OS. The molecule has 5 aromatic rings. The number of hydrogen-bond donors (Lipinski definition) is 1. The number of halogens is 1. The maximum absolute atomic E-state index is 13.0. The Balaban J connectivity index is 1.74. The molecule has 10 heteroatoms. The van der Waals surface area contributed by atoms with Crippen LogP contribution in [0.1, 0.15) is 5.69 Å². The third-order valence-electron chi connectivity index (χ3n) is 4.68. The van der Waals surface area contributed by atoms with Gasteiger partial charge in [-0.2, -0.15) is 10.1 Å². The second-order valence-electron chi connectivity index (χ2n) is 6.40. The lowest BCUT2D eigenvalue weighted by molar-refractivity contribution is 0.892. The lowest BCUT2D eigenvalue weighted by atomic mass is 10.1. The average Bonchev–Trinajstić information content (AvgIpc) is 3.33. The molecule has 0 aliphatic rings. The van der Waals surface area contributed by atoms with Crippen molar-refractivity contribution >= 4 is 39.9 Å². The maximum Gasteiger partial charge on any atom is 0.268 e. The zero-order chi connectivity index (χ0) is 20.1. The van der Waals surface area contributed by atoms with Crippen LogP contribution in [0.25, 0.3) is 33.6 Å². The molecule has 0 amide bonds. The quantitative estimate of drug-likeness (QED) is 0.446. The second kappa shape index (κ2) is 6.71. The summed E-state index contributed by atoms with van der Waals surface area (Å²) in [6.07, 6.45) is 5.11. The molecule has 5 rings (SSSR count). The highest BCUT2D eigenvalue weighted by molar-refractivity contribution is 7.98. The summed E-state index contributed by atoms with van der Waals surface area (Å²) in [5.41, 5.74) is 3.79. The minimum absolute atomic E-state index is 0.248. The Kier molecular flexibility index (Phi) is 4.14. The average molecular weight is 424 g/mol. The van der Waals surface area contributed by atoms with Crippen molar-refractivity contribution in [1.29, 1.82) is 0 Å². The molecule has 0 aliphatic carbocycles. The minimum atomic E-state index is -0.248. The topological polar surface area (TPSA) is 93.8 Å². The number of aromatic amines is 1. The molecule has 1 N–H and O–H groups in total. The molecule has 0 saturated heterocycles. The molecule has 0 unspecified atom stereocenters. The Morgan fingerprint density at radius 3 is 2.69 bits per heavy atom. The van der Waals surface area contributed by atoms with E-state index in [0.29, 0.717) is 32.7 Å². The Hall–Kier alpha value is -3.17. The van der Waals surface area contributed by atoms with Gasteiger partial charge in [-0.3, -0.25) is 9.36 Å². The molecule has 0 aliphatic heterocycles. The summed E-state index contributed by atoms with van der Waals surface area (Å²) in [6, 6.07) is 9.36. The standard InChI is InChI=1S/C19H14ClN7OS/c1-10-15(11-3-5-12(20)6-4-11)16-21-9-13-14(27(16)25-10)7-8-26(17(13)28)18-22-19(29-2)24-23-18/h3-9H,1-2H3,(H,22,23,24). The Morgan fingerprint density at radius 1 is 1.17 bits per heavy atom. The first-order valence-corrected chi connectivity index (χ1v) is 10.3. The number of hydrogen-bond acceptors (Lipinski definition) is 6. The van der Waals surface area contributed by atoms with Crippen LogP contribution >= 0.6 is 23.4 Å². The fourth-order valence-corrected chi connectivity index (χ4v) is 3.78. The third-order valence-corrected chi connectivity index (χ3v) is 5.48. The van der Waals surface area contributed by atoms with Crippen molar-refractivity contribution in [2.24, 2.45) is 0 Å². The molecule has 1 aromatic carbocycles. The number of benzene rings is 1. The molecule has 0 fully saturated rings. The molecule has 4 aromatic heterocycles. The minimum Gasteiger partial charge on any atom is -0.268 e. The highest BCUT2D eigenvalue weighted by Crippen LogP contribution is 2.29. The van der Waals surface area contributed by atoms with Gasteiger partial charge in [-0.15, -0.1) is 5.10 Å². The normalized spacial score (nSPS) is 11.6. The second-order valence-corrected chi connectivity index (χ2v) is 7.61. The summed E-state index contributed by atoms with van der Waals surface area (Å²) in [7, 11) is 0.